The molecule has 2 atom stereocenters. The minimum absolute atomic E-state index is 0.136. The van der Waals surface area contributed by atoms with Gasteiger partial charge in [-0.05, 0) is 61.6 Å². The molecule has 1 saturated carbocycles. The van der Waals surface area contributed by atoms with E-state index in [1.807, 2.05) is 19.1 Å². The number of thiazole rings is 1. The van der Waals surface area contributed by atoms with Gasteiger partial charge >= 0.3 is 0 Å². The van der Waals surface area contributed by atoms with Gasteiger partial charge in [0.25, 0.3) is 0 Å². The van der Waals surface area contributed by atoms with Crippen LogP contribution in [0.25, 0.3) is 11.3 Å². The van der Waals surface area contributed by atoms with Crippen LogP contribution < -0.4 is 10.1 Å². The topological polar surface area (TPSA) is 34.2 Å². The number of ether oxygens (including phenoxy) is 1. The van der Waals surface area contributed by atoms with Crippen LogP contribution in [0.5, 0.6) is 5.75 Å². The van der Waals surface area contributed by atoms with Gasteiger partial charge in [-0.3, -0.25) is 0 Å². The Hall–Kier alpha value is -2.00. The molecule has 1 fully saturated rings. The van der Waals surface area contributed by atoms with Crippen molar-refractivity contribution in [3.05, 3.63) is 61.9 Å². The second kappa shape index (κ2) is 9.87. The van der Waals surface area contributed by atoms with Gasteiger partial charge in [0, 0.05) is 20.8 Å². The number of aromatic nitrogens is 1. The fourth-order valence-electron chi connectivity index (χ4n) is 4.05. The van der Waals surface area contributed by atoms with Gasteiger partial charge < -0.3 is 10.1 Å². The number of nitrogens with one attached hydrogen (secondary N) is 1. The third-order valence-electron chi connectivity index (χ3n) is 5.98. The molecule has 6 heteroatoms. The van der Waals surface area contributed by atoms with Gasteiger partial charge in [-0.2, -0.15) is 0 Å². The van der Waals surface area contributed by atoms with E-state index in [0.29, 0.717) is 5.02 Å². The van der Waals surface area contributed by atoms with Crippen LogP contribution in [0.1, 0.15) is 41.2 Å². The summed E-state index contributed by atoms with van der Waals surface area (Å²) >= 11 is 11.7. The van der Waals surface area contributed by atoms with Gasteiger partial charge in [-0.1, -0.05) is 58.4 Å². The molecule has 0 amide bonds. The monoisotopic (exact) mass is 528 g/mol. The number of hydrogen-bond acceptors (Lipinski definition) is 4. The largest absolute Gasteiger partial charge is 0.496 e. The first-order chi connectivity index (χ1) is 15.4. The summed E-state index contributed by atoms with van der Waals surface area (Å²) in [7, 11) is 1.65. The molecule has 0 radical (unpaired) electrons. The van der Waals surface area contributed by atoms with Gasteiger partial charge in [0.2, 0.25) is 0 Å². The molecule has 0 spiro atoms. The third-order valence-corrected chi connectivity index (χ3v) is 7.72. The second-order valence-electron chi connectivity index (χ2n) is 8.35. The molecule has 1 N–H and O–H groups in total. The summed E-state index contributed by atoms with van der Waals surface area (Å²) in [5, 5.41) is 5.00. The molecular weight excluding hydrogens is 504 g/mol. The highest BCUT2D eigenvalue weighted by molar-refractivity contribution is 9.10. The summed E-state index contributed by atoms with van der Waals surface area (Å²) in [6.07, 6.45) is 9.71. The number of halogens is 2. The Balaban J connectivity index is 1.62. The Bertz CT molecular complexity index is 1150. The Morgan fingerprint density at radius 3 is 2.62 bits per heavy atom. The highest BCUT2D eigenvalue weighted by atomic mass is 79.9. The molecule has 1 aromatic heterocycles. The van der Waals surface area contributed by atoms with Gasteiger partial charge in [0.1, 0.15) is 5.75 Å². The number of rotatable bonds is 8. The molecule has 1 heterocycles. The molecule has 1 unspecified atom stereocenters. The fraction of sp³-hybridized carbons (Fsp3) is 0.346. The molecule has 4 rings (SSSR count). The van der Waals surface area contributed by atoms with Crippen molar-refractivity contribution in [1.82, 2.24) is 4.98 Å². The maximum absolute atomic E-state index is 6.56. The molecule has 0 saturated heterocycles. The van der Waals surface area contributed by atoms with Gasteiger partial charge in [0.15, 0.2) is 5.13 Å². The van der Waals surface area contributed by atoms with E-state index in [1.54, 1.807) is 18.4 Å². The molecule has 0 bridgehead atoms. The first-order valence-electron chi connectivity index (χ1n) is 10.7. The summed E-state index contributed by atoms with van der Waals surface area (Å²) in [5.74, 6) is 4.77. The predicted molar refractivity (Wildman–Crippen MR) is 139 cm³/mol. The van der Waals surface area contributed by atoms with Crippen molar-refractivity contribution in [3.63, 3.8) is 0 Å². The number of benzene rings is 2. The Kier molecular flexibility index (Phi) is 7.14. The van der Waals surface area contributed by atoms with Crippen LogP contribution in [-0.2, 0) is 0 Å². The zero-order valence-electron chi connectivity index (χ0n) is 18.4. The number of methoxy groups -OCH3 is 1. The normalized spacial score (nSPS) is 15.1. The van der Waals surface area contributed by atoms with Crippen LogP contribution in [0, 0.1) is 32.1 Å². The zero-order valence-corrected chi connectivity index (χ0v) is 21.6. The lowest BCUT2D eigenvalue weighted by atomic mass is 9.87. The van der Waals surface area contributed by atoms with Crippen LogP contribution in [0.3, 0.4) is 0 Å². The first-order valence-corrected chi connectivity index (χ1v) is 12.7. The molecule has 32 heavy (non-hydrogen) atoms. The van der Waals surface area contributed by atoms with Crippen molar-refractivity contribution in [2.75, 3.05) is 12.4 Å². The molecule has 3 nitrogen and oxygen atoms in total. The molecule has 1 aliphatic rings. The highest BCUT2D eigenvalue weighted by Gasteiger charge is 2.31. The van der Waals surface area contributed by atoms with Crippen molar-refractivity contribution < 1.29 is 4.74 Å². The lowest BCUT2D eigenvalue weighted by Gasteiger charge is -2.24. The number of terminal acetylenes is 1. The van der Waals surface area contributed by atoms with Crippen molar-refractivity contribution in [2.45, 2.75) is 45.1 Å². The average molecular weight is 530 g/mol. The van der Waals surface area contributed by atoms with E-state index >= 15 is 0 Å². The minimum atomic E-state index is -0.136. The van der Waals surface area contributed by atoms with E-state index in [2.05, 4.69) is 58.4 Å². The second-order valence-corrected chi connectivity index (χ2v) is 10.9. The lowest BCUT2D eigenvalue weighted by molar-refractivity contribution is 0.412. The lowest BCUT2D eigenvalue weighted by Crippen LogP contribution is -2.26. The van der Waals surface area contributed by atoms with Gasteiger partial charge in [0.05, 0.1) is 23.9 Å². The first kappa shape index (κ1) is 23.2. The van der Waals surface area contributed by atoms with Crippen LogP contribution in [0.4, 0.5) is 5.13 Å². The molecule has 166 valence electrons. The predicted octanol–water partition coefficient (Wildman–Crippen LogP) is 7.85. The Morgan fingerprint density at radius 2 is 2.00 bits per heavy atom. The molecule has 2 aromatic carbocycles. The van der Waals surface area contributed by atoms with Gasteiger partial charge in [-0.25, -0.2) is 4.98 Å². The molecular formula is C26H26BrClN2OS. The molecule has 3 aromatic rings. The fourth-order valence-corrected chi connectivity index (χ4v) is 5.42. The van der Waals surface area contributed by atoms with Crippen LogP contribution in [0.2, 0.25) is 5.02 Å². The molecule has 1 aliphatic carbocycles. The summed E-state index contributed by atoms with van der Waals surface area (Å²) in [5.41, 5.74) is 4.07. The quantitative estimate of drug-likeness (QED) is 0.302. The summed E-state index contributed by atoms with van der Waals surface area (Å²) < 4.78 is 6.46. The number of anilines is 1. The highest BCUT2D eigenvalue weighted by Crippen LogP contribution is 2.42. The van der Waals surface area contributed by atoms with E-state index in [-0.39, 0.29) is 12.0 Å². The van der Waals surface area contributed by atoms with E-state index in [0.717, 1.165) is 49.4 Å². The smallest absolute Gasteiger partial charge is 0.184 e. The third kappa shape index (κ3) is 5.14. The number of nitrogens with zero attached hydrogens (tertiary/aromatic N) is 1. The maximum atomic E-state index is 6.56. The molecule has 0 aliphatic heterocycles. The van der Waals surface area contributed by atoms with E-state index < -0.39 is 0 Å². The van der Waals surface area contributed by atoms with Crippen LogP contribution in [-0.4, -0.2) is 18.1 Å². The summed E-state index contributed by atoms with van der Waals surface area (Å²) in [4.78, 5) is 5.98. The van der Waals surface area contributed by atoms with E-state index in [4.69, 9.17) is 27.7 Å². The van der Waals surface area contributed by atoms with Crippen molar-refractivity contribution in [1.29, 1.82) is 0 Å². The Labute approximate surface area is 207 Å². The van der Waals surface area contributed by atoms with Crippen molar-refractivity contribution in [2.24, 2.45) is 5.92 Å². The minimum Gasteiger partial charge on any atom is -0.496 e. The standard InChI is InChI=1S/C26H26BrClN2OS/c1-5-23(20(13-17-6-7-17)18-8-10-19(27)11-9-18)29-26-30-25(16(3)32-26)21-12-15(2)24(31-4)14-22(21)28/h1,8-12,14,17,20,23H,6-7,13H2,2-4H3,(H,29,30)/t20-,23?/m0/s1. The average Bonchev–Trinajstić information content (AvgIpc) is 3.53. The van der Waals surface area contributed by atoms with Gasteiger partial charge in [-0.15, -0.1) is 17.8 Å². The maximum Gasteiger partial charge on any atom is 0.184 e. The Morgan fingerprint density at radius 1 is 1.28 bits per heavy atom. The van der Waals surface area contributed by atoms with E-state index in [9.17, 15) is 0 Å². The van der Waals surface area contributed by atoms with Crippen molar-refractivity contribution in [3.8, 4) is 29.4 Å². The summed E-state index contributed by atoms with van der Waals surface area (Å²) in [6.45, 7) is 4.07. The number of hydrogen-bond donors (Lipinski definition) is 1. The van der Waals surface area contributed by atoms with E-state index in [1.165, 1.54) is 18.4 Å². The SMILES string of the molecule is C#CC(Nc1nc(-c2cc(C)c(OC)cc2Cl)c(C)s1)[C@@H](CC1CC1)c1ccc(Br)cc1. The van der Waals surface area contributed by atoms with Crippen LogP contribution in [0.15, 0.2) is 40.9 Å². The van der Waals surface area contributed by atoms with Crippen LogP contribution >= 0.6 is 38.9 Å². The number of aryl methyl sites for hydroxylation is 2. The van der Waals surface area contributed by atoms with Crippen molar-refractivity contribution >= 4 is 44.0 Å². The summed E-state index contributed by atoms with van der Waals surface area (Å²) in [6, 6.07) is 12.3. The zero-order chi connectivity index (χ0) is 22.8.